The molecule has 0 spiro atoms. The van der Waals surface area contributed by atoms with Crippen LogP contribution in [0.3, 0.4) is 0 Å². The minimum atomic E-state index is 0.00917. The molecule has 0 bridgehead atoms. The lowest BCUT2D eigenvalue weighted by Crippen LogP contribution is -2.33. The summed E-state index contributed by atoms with van der Waals surface area (Å²) in [5, 5.41) is 0. The zero-order valence-electron chi connectivity index (χ0n) is 7.99. The Morgan fingerprint density at radius 2 is 2.23 bits per heavy atom. The fourth-order valence-corrected chi connectivity index (χ4v) is 1.24. The molecule has 2 nitrogen and oxygen atoms in total. The quantitative estimate of drug-likeness (QED) is 0.443. The molecule has 0 aromatic rings. The zero-order chi connectivity index (χ0) is 10.4. The molecular weight excluding hydrogens is 202 g/mol. The van der Waals surface area contributed by atoms with E-state index in [4.69, 9.17) is 12.2 Å². The molecule has 0 saturated carbocycles. The average molecular weight is 217 g/mol. The van der Waals surface area contributed by atoms with Crippen molar-refractivity contribution in [3.05, 3.63) is 12.7 Å². The summed E-state index contributed by atoms with van der Waals surface area (Å²) in [7, 11) is 0. The van der Waals surface area contributed by atoms with Gasteiger partial charge < -0.3 is 0 Å². The number of thiol groups is 1. The van der Waals surface area contributed by atoms with Gasteiger partial charge in [0.1, 0.15) is 4.32 Å². The summed E-state index contributed by atoms with van der Waals surface area (Å²) in [6, 6.07) is 0. The Hall–Kier alpha value is -0.350. The molecule has 0 heterocycles. The first-order valence-corrected chi connectivity index (χ1v) is 4.98. The van der Waals surface area contributed by atoms with Crippen LogP contribution in [0.5, 0.6) is 0 Å². The van der Waals surface area contributed by atoms with E-state index in [1.807, 2.05) is 13.8 Å². The largest absolute Gasteiger partial charge is 0.294 e. The van der Waals surface area contributed by atoms with Gasteiger partial charge in [-0.2, -0.15) is 0 Å². The monoisotopic (exact) mass is 217 g/mol. The molecule has 0 aliphatic heterocycles. The van der Waals surface area contributed by atoms with Crippen molar-refractivity contribution in [2.24, 2.45) is 5.92 Å². The van der Waals surface area contributed by atoms with E-state index in [0.29, 0.717) is 23.2 Å². The second kappa shape index (κ2) is 6.16. The molecule has 1 amide bonds. The molecule has 0 saturated heterocycles. The second-order valence-electron chi connectivity index (χ2n) is 3.17. The zero-order valence-corrected chi connectivity index (χ0v) is 9.70. The van der Waals surface area contributed by atoms with Crippen molar-refractivity contribution in [1.82, 2.24) is 4.90 Å². The summed E-state index contributed by atoms with van der Waals surface area (Å²) in [6.45, 7) is 7.98. The lowest BCUT2D eigenvalue weighted by atomic mass is 10.1. The predicted octanol–water partition coefficient (Wildman–Crippen LogP) is 2.26. The maximum Gasteiger partial charge on any atom is 0.228 e. The Labute approximate surface area is 90.4 Å². The molecule has 0 aromatic heterocycles. The number of hydrogen-bond donors (Lipinski definition) is 1. The van der Waals surface area contributed by atoms with Gasteiger partial charge in [-0.3, -0.25) is 9.69 Å². The summed E-state index contributed by atoms with van der Waals surface area (Å²) >= 11 is 8.81. The fourth-order valence-electron chi connectivity index (χ4n) is 0.875. The Morgan fingerprint density at radius 3 is 2.54 bits per heavy atom. The number of hydrogen-bond acceptors (Lipinski definition) is 2. The van der Waals surface area contributed by atoms with E-state index in [-0.39, 0.29) is 5.91 Å². The van der Waals surface area contributed by atoms with Gasteiger partial charge in [0.15, 0.2) is 0 Å². The van der Waals surface area contributed by atoms with Gasteiger partial charge in [0.25, 0.3) is 0 Å². The lowest BCUT2D eigenvalue weighted by molar-refractivity contribution is -0.127. The van der Waals surface area contributed by atoms with Crippen molar-refractivity contribution in [1.29, 1.82) is 0 Å². The highest BCUT2D eigenvalue weighted by Gasteiger charge is 2.15. The molecule has 0 rings (SSSR count). The molecule has 0 aliphatic carbocycles. The van der Waals surface area contributed by atoms with Crippen LogP contribution in [-0.2, 0) is 4.79 Å². The van der Waals surface area contributed by atoms with E-state index in [9.17, 15) is 4.79 Å². The lowest BCUT2D eigenvalue weighted by Gasteiger charge is -2.19. The van der Waals surface area contributed by atoms with Crippen LogP contribution in [-0.4, -0.2) is 21.7 Å². The van der Waals surface area contributed by atoms with Crippen LogP contribution in [0.2, 0.25) is 0 Å². The summed E-state index contributed by atoms with van der Waals surface area (Å²) in [5.74, 6) is 0.345. The molecule has 0 fully saturated rings. The van der Waals surface area contributed by atoms with Gasteiger partial charge in [-0.15, -0.1) is 19.2 Å². The molecule has 74 valence electrons. The Bertz CT molecular complexity index is 214. The molecular formula is C9H15NOS2. The minimum Gasteiger partial charge on any atom is -0.294 e. The van der Waals surface area contributed by atoms with E-state index in [2.05, 4.69) is 19.2 Å². The maximum atomic E-state index is 11.5. The fraction of sp³-hybridized carbons (Fsp3) is 0.556. The summed E-state index contributed by atoms with van der Waals surface area (Å²) < 4.78 is 0.311. The van der Waals surface area contributed by atoms with E-state index in [1.165, 1.54) is 4.90 Å². The molecule has 0 unspecified atom stereocenters. The van der Waals surface area contributed by atoms with Crippen LogP contribution in [0, 0.1) is 5.92 Å². The molecule has 0 atom stereocenters. The molecule has 0 N–H and O–H groups in total. The number of nitrogens with zero attached hydrogens (tertiary/aromatic N) is 1. The molecule has 0 aromatic carbocycles. The van der Waals surface area contributed by atoms with Crippen LogP contribution in [0.25, 0.3) is 0 Å². The summed E-state index contributed by atoms with van der Waals surface area (Å²) in [5.41, 5.74) is 0. The minimum absolute atomic E-state index is 0.00917. The van der Waals surface area contributed by atoms with Crippen LogP contribution >= 0.6 is 24.8 Å². The number of thiocarbonyl (C=S) groups is 1. The van der Waals surface area contributed by atoms with Crippen molar-refractivity contribution in [2.75, 3.05) is 6.54 Å². The van der Waals surface area contributed by atoms with Crippen molar-refractivity contribution >= 4 is 35.1 Å². The molecule has 13 heavy (non-hydrogen) atoms. The van der Waals surface area contributed by atoms with Crippen LogP contribution in [0.1, 0.15) is 20.3 Å². The van der Waals surface area contributed by atoms with Gasteiger partial charge in [0.05, 0.1) is 0 Å². The molecule has 4 heteroatoms. The van der Waals surface area contributed by atoms with Gasteiger partial charge in [-0.05, 0) is 5.92 Å². The van der Waals surface area contributed by atoms with Crippen molar-refractivity contribution in [2.45, 2.75) is 20.3 Å². The standard InChI is InChI=1S/C9H15NOS2/c1-4-5-10(9(12)13)8(11)6-7(2)3/h4,7H,1,5-6H2,2-3H3,(H,12,13). The second-order valence-corrected chi connectivity index (χ2v) is 4.29. The van der Waals surface area contributed by atoms with Crippen molar-refractivity contribution < 1.29 is 4.79 Å². The SMILES string of the molecule is C=CCN(C(=O)CC(C)C)C(=S)S. The predicted molar refractivity (Wildman–Crippen MR) is 62.9 cm³/mol. The third-order valence-corrected chi connectivity index (χ3v) is 1.89. The Kier molecular flexibility index (Phi) is 5.99. The highest BCUT2D eigenvalue weighted by molar-refractivity contribution is 8.11. The normalized spacial score (nSPS) is 9.85. The van der Waals surface area contributed by atoms with Gasteiger partial charge >= 0.3 is 0 Å². The number of carbonyl (C=O) groups excluding carboxylic acids is 1. The Morgan fingerprint density at radius 1 is 1.69 bits per heavy atom. The van der Waals surface area contributed by atoms with Crippen LogP contribution in [0.15, 0.2) is 12.7 Å². The number of carbonyl (C=O) groups is 1. The Balaban J connectivity index is 4.28. The summed E-state index contributed by atoms with van der Waals surface area (Å²) in [6.07, 6.45) is 2.13. The third-order valence-electron chi connectivity index (χ3n) is 1.43. The van der Waals surface area contributed by atoms with Gasteiger partial charge in [0.2, 0.25) is 5.91 Å². The van der Waals surface area contributed by atoms with E-state index >= 15 is 0 Å². The van der Waals surface area contributed by atoms with Gasteiger partial charge in [-0.1, -0.05) is 32.1 Å². The first kappa shape index (κ1) is 12.7. The highest BCUT2D eigenvalue weighted by atomic mass is 32.1. The summed E-state index contributed by atoms with van der Waals surface area (Å²) in [4.78, 5) is 13.0. The highest BCUT2D eigenvalue weighted by Crippen LogP contribution is 2.06. The van der Waals surface area contributed by atoms with Crippen molar-refractivity contribution in [3.63, 3.8) is 0 Å². The van der Waals surface area contributed by atoms with Crippen LogP contribution < -0.4 is 0 Å². The van der Waals surface area contributed by atoms with E-state index in [0.717, 1.165) is 0 Å². The number of amides is 1. The smallest absolute Gasteiger partial charge is 0.228 e. The molecule has 0 aliphatic rings. The first-order valence-electron chi connectivity index (χ1n) is 4.13. The number of rotatable bonds is 4. The maximum absolute atomic E-state index is 11.5. The van der Waals surface area contributed by atoms with E-state index < -0.39 is 0 Å². The van der Waals surface area contributed by atoms with Crippen LogP contribution in [0.4, 0.5) is 0 Å². The molecule has 0 radical (unpaired) electrons. The van der Waals surface area contributed by atoms with E-state index in [1.54, 1.807) is 6.08 Å². The van der Waals surface area contributed by atoms with Crippen molar-refractivity contribution in [3.8, 4) is 0 Å². The first-order chi connectivity index (χ1) is 5.99. The van der Waals surface area contributed by atoms with Gasteiger partial charge in [0, 0.05) is 13.0 Å². The third kappa shape index (κ3) is 5.05. The van der Waals surface area contributed by atoms with Gasteiger partial charge in [-0.25, -0.2) is 0 Å². The average Bonchev–Trinajstić information content (AvgIpc) is 1.97. The topological polar surface area (TPSA) is 20.3 Å².